The van der Waals surface area contributed by atoms with Crippen molar-refractivity contribution in [2.75, 3.05) is 17.7 Å². The second-order valence-electron chi connectivity index (χ2n) is 3.83. The summed E-state index contributed by atoms with van der Waals surface area (Å²) in [4.78, 5) is 1.46. The van der Waals surface area contributed by atoms with Crippen molar-refractivity contribution < 1.29 is 8.78 Å². The molecule has 94 valence electrons. The molecule has 2 nitrogen and oxygen atoms in total. The summed E-state index contributed by atoms with van der Waals surface area (Å²) in [5.74, 6) is -0.993. The molecule has 2 aromatic carbocycles. The third-order valence-electron chi connectivity index (χ3n) is 2.66. The maximum atomic E-state index is 13.7. The first kappa shape index (κ1) is 12.6. The van der Waals surface area contributed by atoms with E-state index in [-0.39, 0.29) is 11.4 Å². The first-order chi connectivity index (χ1) is 8.50. The quantitative estimate of drug-likeness (QED) is 0.835. The van der Waals surface area contributed by atoms with Gasteiger partial charge in [-0.05, 0) is 30.3 Å². The lowest BCUT2D eigenvalue weighted by Crippen LogP contribution is -2.13. The van der Waals surface area contributed by atoms with Crippen LogP contribution >= 0.6 is 11.6 Å². The van der Waals surface area contributed by atoms with Gasteiger partial charge in [-0.1, -0.05) is 17.7 Å². The fourth-order valence-electron chi connectivity index (χ4n) is 1.69. The predicted octanol–water partition coefficient (Wildman–Crippen LogP) is 3.97. The van der Waals surface area contributed by atoms with Crippen LogP contribution in [0.5, 0.6) is 0 Å². The largest absolute Gasteiger partial charge is 0.395 e. The van der Waals surface area contributed by atoms with Crippen LogP contribution in [-0.4, -0.2) is 7.05 Å². The first-order valence-corrected chi connectivity index (χ1v) is 5.61. The number of benzene rings is 2. The van der Waals surface area contributed by atoms with Gasteiger partial charge in [0.25, 0.3) is 0 Å². The van der Waals surface area contributed by atoms with Crippen LogP contribution in [0.4, 0.5) is 25.8 Å². The van der Waals surface area contributed by atoms with Crippen molar-refractivity contribution in [2.45, 2.75) is 0 Å². The highest BCUT2D eigenvalue weighted by Gasteiger charge is 2.14. The Bertz CT molecular complexity index is 585. The highest BCUT2D eigenvalue weighted by Crippen LogP contribution is 2.33. The van der Waals surface area contributed by atoms with Crippen LogP contribution in [0.1, 0.15) is 0 Å². The molecule has 0 unspecified atom stereocenters. The lowest BCUT2D eigenvalue weighted by atomic mass is 10.2. The molecule has 0 aliphatic carbocycles. The minimum atomic E-state index is -0.540. The van der Waals surface area contributed by atoms with Gasteiger partial charge in [-0.25, -0.2) is 8.78 Å². The second-order valence-corrected chi connectivity index (χ2v) is 4.26. The van der Waals surface area contributed by atoms with Gasteiger partial charge in [0.1, 0.15) is 11.6 Å². The van der Waals surface area contributed by atoms with Crippen LogP contribution in [0.15, 0.2) is 36.4 Å². The van der Waals surface area contributed by atoms with Crippen molar-refractivity contribution in [3.8, 4) is 0 Å². The molecule has 0 aliphatic rings. The molecule has 0 spiro atoms. The molecule has 0 amide bonds. The number of hydrogen-bond donors (Lipinski definition) is 1. The predicted molar refractivity (Wildman–Crippen MR) is 70.3 cm³/mol. The molecule has 0 aliphatic heterocycles. The zero-order valence-corrected chi connectivity index (χ0v) is 10.4. The number of halogens is 3. The van der Waals surface area contributed by atoms with E-state index in [0.29, 0.717) is 10.7 Å². The number of rotatable bonds is 2. The molecule has 2 N–H and O–H groups in total. The van der Waals surface area contributed by atoms with E-state index in [9.17, 15) is 8.78 Å². The Morgan fingerprint density at radius 1 is 1.06 bits per heavy atom. The van der Waals surface area contributed by atoms with Crippen molar-refractivity contribution in [1.29, 1.82) is 0 Å². The van der Waals surface area contributed by atoms with Gasteiger partial charge in [-0.3, -0.25) is 0 Å². The Kier molecular flexibility index (Phi) is 3.39. The fourth-order valence-corrected chi connectivity index (χ4v) is 1.86. The molecule has 0 bridgehead atoms. The number of nitrogen functional groups attached to an aromatic ring is 1. The normalized spacial score (nSPS) is 10.4. The van der Waals surface area contributed by atoms with Crippen LogP contribution in [0.2, 0.25) is 5.02 Å². The van der Waals surface area contributed by atoms with Gasteiger partial charge in [-0.15, -0.1) is 0 Å². The summed E-state index contributed by atoms with van der Waals surface area (Å²) in [6, 6.07) is 8.54. The summed E-state index contributed by atoms with van der Waals surface area (Å²) in [5, 5.41) is 0.397. The summed E-state index contributed by atoms with van der Waals surface area (Å²) in [5.41, 5.74) is 6.23. The van der Waals surface area contributed by atoms with Crippen LogP contribution in [0.3, 0.4) is 0 Å². The van der Waals surface area contributed by atoms with E-state index in [1.165, 1.54) is 35.2 Å². The number of nitrogens with two attached hydrogens (primary N) is 1. The molecule has 0 saturated carbocycles. The van der Waals surface area contributed by atoms with E-state index in [4.69, 9.17) is 17.3 Å². The number of para-hydroxylation sites is 1. The molecular weight excluding hydrogens is 258 g/mol. The van der Waals surface area contributed by atoms with E-state index >= 15 is 0 Å². The van der Waals surface area contributed by atoms with E-state index < -0.39 is 11.6 Å². The highest BCUT2D eigenvalue weighted by atomic mass is 35.5. The van der Waals surface area contributed by atoms with Crippen LogP contribution < -0.4 is 10.6 Å². The fraction of sp³-hybridized carbons (Fsp3) is 0.0769. The Balaban J connectivity index is 2.51. The molecule has 18 heavy (non-hydrogen) atoms. The van der Waals surface area contributed by atoms with Crippen molar-refractivity contribution in [1.82, 2.24) is 0 Å². The molecule has 0 aromatic heterocycles. The zero-order valence-electron chi connectivity index (χ0n) is 9.62. The van der Waals surface area contributed by atoms with Crippen molar-refractivity contribution in [3.05, 3.63) is 53.1 Å². The highest BCUT2D eigenvalue weighted by molar-refractivity contribution is 6.30. The van der Waals surface area contributed by atoms with Crippen molar-refractivity contribution in [2.24, 2.45) is 0 Å². The standard InChI is InChI=1S/C13H11ClF2N2/c1-18(11-4-2-3-10(16)13(11)17)12-7-8(14)5-6-9(12)15/h2-7H,17H2,1H3. The molecule has 0 saturated heterocycles. The van der Waals surface area contributed by atoms with E-state index in [1.807, 2.05) is 0 Å². The average Bonchev–Trinajstić information content (AvgIpc) is 2.35. The number of hydrogen-bond acceptors (Lipinski definition) is 2. The van der Waals surface area contributed by atoms with Gasteiger partial charge < -0.3 is 10.6 Å². The van der Waals surface area contributed by atoms with Gasteiger partial charge in [0.05, 0.1) is 17.1 Å². The smallest absolute Gasteiger partial charge is 0.148 e. The zero-order chi connectivity index (χ0) is 13.3. The third-order valence-corrected chi connectivity index (χ3v) is 2.90. The molecule has 0 fully saturated rings. The van der Waals surface area contributed by atoms with Gasteiger partial charge in [0.15, 0.2) is 0 Å². The molecule has 0 radical (unpaired) electrons. The molecule has 5 heteroatoms. The minimum absolute atomic E-state index is 0.0284. The molecule has 2 rings (SSSR count). The van der Waals surface area contributed by atoms with Gasteiger partial charge >= 0.3 is 0 Å². The van der Waals surface area contributed by atoms with Gasteiger partial charge in [-0.2, -0.15) is 0 Å². The lowest BCUT2D eigenvalue weighted by Gasteiger charge is -2.22. The van der Waals surface area contributed by atoms with Crippen LogP contribution in [0.25, 0.3) is 0 Å². The Hall–Kier alpha value is -1.81. The van der Waals surface area contributed by atoms with E-state index in [0.717, 1.165) is 0 Å². The average molecular weight is 269 g/mol. The topological polar surface area (TPSA) is 29.3 Å². The minimum Gasteiger partial charge on any atom is -0.395 e. The van der Waals surface area contributed by atoms with Crippen LogP contribution in [0, 0.1) is 11.6 Å². The molecular formula is C13H11ClF2N2. The monoisotopic (exact) mass is 268 g/mol. The van der Waals surface area contributed by atoms with Gasteiger partial charge in [0.2, 0.25) is 0 Å². The lowest BCUT2D eigenvalue weighted by molar-refractivity contribution is 0.625. The number of anilines is 3. The summed E-state index contributed by atoms with van der Waals surface area (Å²) >= 11 is 5.82. The maximum absolute atomic E-state index is 13.7. The van der Waals surface area contributed by atoms with Crippen molar-refractivity contribution >= 4 is 28.7 Å². The number of nitrogens with zero attached hydrogens (tertiary/aromatic N) is 1. The first-order valence-electron chi connectivity index (χ1n) is 5.23. The summed E-state index contributed by atoms with van der Waals surface area (Å²) in [6.45, 7) is 0. The molecule has 0 atom stereocenters. The Morgan fingerprint density at radius 3 is 2.50 bits per heavy atom. The van der Waals surface area contributed by atoms with Gasteiger partial charge in [0, 0.05) is 12.1 Å². The Morgan fingerprint density at radius 2 is 1.78 bits per heavy atom. The Labute approximate surface area is 109 Å². The maximum Gasteiger partial charge on any atom is 0.148 e. The molecule has 2 aromatic rings. The molecule has 0 heterocycles. The third kappa shape index (κ3) is 2.24. The van der Waals surface area contributed by atoms with E-state index in [1.54, 1.807) is 13.1 Å². The second kappa shape index (κ2) is 4.82. The summed E-state index contributed by atoms with van der Waals surface area (Å²) in [6.07, 6.45) is 0. The van der Waals surface area contributed by atoms with E-state index in [2.05, 4.69) is 0 Å². The summed E-state index contributed by atoms with van der Waals surface area (Å²) < 4.78 is 27.1. The SMILES string of the molecule is CN(c1cc(Cl)ccc1F)c1cccc(F)c1N. The van der Waals surface area contributed by atoms with Crippen molar-refractivity contribution in [3.63, 3.8) is 0 Å². The van der Waals surface area contributed by atoms with Crippen LogP contribution in [-0.2, 0) is 0 Å². The summed E-state index contributed by atoms with van der Waals surface area (Å²) in [7, 11) is 1.60.